The first-order valence-electron chi connectivity index (χ1n) is 8.62. The largest absolute Gasteiger partial charge is 0.496 e. The van der Waals surface area contributed by atoms with Gasteiger partial charge in [-0.05, 0) is 56.5 Å². The fraction of sp³-hybridized carbons (Fsp3) is 0.381. The third kappa shape index (κ3) is 4.99. The van der Waals surface area contributed by atoms with E-state index in [0.29, 0.717) is 6.42 Å². The lowest BCUT2D eigenvalue weighted by atomic mass is 10.1. The monoisotopic (exact) mass is 341 g/mol. The zero-order chi connectivity index (χ0) is 18.4. The fourth-order valence-corrected chi connectivity index (χ4v) is 2.90. The molecule has 0 spiro atoms. The highest BCUT2D eigenvalue weighted by molar-refractivity contribution is 5.81. The minimum absolute atomic E-state index is 0.125. The molecule has 1 amide bonds. The summed E-state index contributed by atoms with van der Waals surface area (Å²) in [5.41, 5.74) is 3.18. The molecule has 4 nitrogen and oxygen atoms in total. The molecule has 0 heterocycles. The zero-order valence-corrected chi connectivity index (χ0v) is 15.6. The molecule has 4 heteroatoms. The van der Waals surface area contributed by atoms with Gasteiger partial charge in [-0.15, -0.1) is 0 Å². The molecule has 0 bridgehead atoms. The van der Waals surface area contributed by atoms with Gasteiger partial charge in [0.05, 0.1) is 13.2 Å². The second-order valence-corrected chi connectivity index (χ2v) is 6.31. The van der Waals surface area contributed by atoms with Crippen LogP contribution in [-0.2, 0) is 4.79 Å². The summed E-state index contributed by atoms with van der Waals surface area (Å²) in [6, 6.07) is 13.5. The number of para-hydroxylation sites is 1. The van der Waals surface area contributed by atoms with Crippen molar-refractivity contribution >= 4 is 5.91 Å². The number of ether oxygens (including phenoxy) is 2. The summed E-state index contributed by atoms with van der Waals surface area (Å²) in [5, 5.41) is 3.03. The molecule has 2 aromatic rings. The lowest BCUT2D eigenvalue weighted by Gasteiger charge is -2.22. The van der Waals surface area contributed by atoms with Crippen molar-refractivity contribution in [2.24, 2.45) is 0 Å². The van der Waals surface area contributed by atoms with Crippen LogP contribution in [0.5, 0.6) is 11.5 Å². The van der Waals surface area contributed by atoms with Crippen LogP contribution < -0.4 is 14.8 Å². The molecule has 0 aromatic heterocycles. The lowest BCUT2D eigenvalue weighted by molar-refractivity contribution is -0.128. The van der Waals surface area contributed by atoms with E-state index in [9.17, 15) is 4.79 Å². The van der Waals surface area contributed by atoms with Crippen LogP contribution in [0.3, 0.4) is 0 Å². The summed E-state index contributed by atoms with van der Waals surface area (Å²) < 4.78 is 11.3. The molecule has 0 unspecified atom stereocenters. The first-order valence-corrected chi connectivity index (χ1v) is 8.62. The van der Waals surface area contributed by atoms with Crippen molar-refractivity contribution < 1.29 is 14.3 Å². The van der Waals surface area contributed by atoms with E-state index in [1.807, 2.05) is 64.1 Å². The third-order valence-corrected chi connectivity index (χ3v) is 4.10. The highest BCUT2D eigenvalue weighted by atomic mass is 16.5. The van der Waals surface area contributed by atoms with Gasteiger partial charge in [0.2, 0.25) is 0 Å². The van der Waals surface area contributed by atoms with E-state index in [1.54, 1.807) is 7.11 Å². The van der Waals surface area contributed by atoms with Gasteiger partial charge in [-0.25, -0.2) is 0 Å². The molecular formula is C21H27NO3. The number of methoxy groups -OCH3 is 1. The number of benzene rings is 2. The Balaban J connectivity index is 2.09. The Labute approximate surface area is 150 Å². The molecule has 0 fully saturated rings. The molecule has 0 saturated heterocycles. The second kappa shape index (κ2) is 8.56. The molecule has 134 valence electrons. The number of aryl methyl sites for hydroxylation is 2. The number of nitrogens with one attached hydrogen (secondary N) is 1. The van der Waals surface area contributed by atoms with Crippen molar-refractivity contribution in [3.63, 3.8) is 0 Å². The van der Waals surface area contributed by atoms with Gasteiger partial charge < -0.3 is 14.8 Å². The molecule has 2 atom stereocenters. The van der Waals surface area contributed by atoms with Gasteiger partial charge in [0.15, 0.2) is 6.10 Å². The van der Waals surface area contributed by atoms with Crippen LogP contribution in [0.15, 0.2) is 42.5 Å². The van der Waals surface area contributed by atoms with Crippen molar-refractivity contribution in [2.45, 2.75) is 46.3 Å². The normalized spacial score (nSPS) is 13.0. The number of amides is 1. The summed E-state index contributed by atoms with van der Waals surface area (Å²) in [5.74, 6) is 1.36. The average molecular weight is 341 g/mol. The molecule has 0 aliphatic carbocycles. The SMILES string of the molecule is CC[C@H](Oc1cc(C)cc(C)c1)C(=O)N[C@H](C)c1ccccc1OC. The Morgan fingerprint density at radius 1 is 1.12 bits per heavy atom. The van der Waals surface area contributed by atoms with Crippen LogP contribution in [0, 0.1) is 13.8 Å². The van der Waals surface area contributed by atoms with Crippen LogP contribution >= 0.6 is 0 Å². The molecule has 2 aromatic carbocycles. The number of carbonyl (C=O) groups is 1. The maximum Gasteiger partial charge on any atom is 0.261 e. The van der Waals surface area contributed by atoms with E-state index >= 15 is 0 Å². The van der Waals surface area contributed by atoms with E-state index in [0.717, 1.165) is 28.2 Å². The van der Waals surface area contributed by atoms with Crippen molar-refractivity contribution in [3.8, 4) is 11.5 Å². The summed E-state index contributed by atoms with van der Waals surface area (Å²) in [6.07, 6.45) is 0.0654. The predicted molar refractivity (Wildman–Crippen MR) is 100 cm³/mol. The summed E-state index contributed by atoms with van der Waals surface area (Å²) in [6.45, 7) is 7.93. The van der Waals surface area contributed by atoms with Gasteiger partial charge in [-0.2, -0.15) is 0 Å². The van der Waals surface area contributed by atoms with Gasteiger partial charge in [0, 0.05) is 5.56 Å². The van der Waals surface area contributed by atoms with E-state index in [-0.39, 0.29) is 11.9 Å². The zero-order valence-electron chi connectivity index (χ0n) is 15.6. The molecule has 0 aliphatic rings. The standard InChI is InChI=1S/C21H27NO3/c1-6-19(25-17-12-14(2)11-15(3)13-17)21(23)22-16(4)18-9-7-8-10-20(18)24-5/h7-13,16,19H,6H2,1-5H3,(H,22,23)/t16-,19+/m1/s1. The van der Waals surface area contributed by atoms with Gasteiger partial charge in [-0.3, -0.25) is 4.79 Å². The highest BCUT2D eigenvalue weighted by Gasteiger charge is 2.22. The topological polar surface area (TPSA) is 47.6 Å². The van der Waals surface area contributed by atoms with Crippen LogP contribution in [0.25, 0.3) is 0 Å². The third-order valence-electron chi connectivity index (χ3n) is 4.10. The Kier molecular flexibility index (Phi) is 6.45. The maximum atomic E-state index is 12.7. The molecule has 1 N–H and O–H groups in total. The minimum atomic E-state index is -0.529. The Bertz CT molecular complexity index is 707. The quantitative estimate of drug-likeness (QED) is 0.814. The van der Waals surface area contributed by atoms with E-state index in [1.165, 1.54) is 0 Å². The molecule has 25 heavy (non-hydrogen) atoms. The van der Waals surface area contributed by atoms with Crippen molar-refractivity contribution in [1.82, 2.24) is 5.32 Å². The Morgan fingerprint density at radius 2 is 1.76 bits per heavy atom. The fourth-order valence-electron chi connectivity index (χ4n) is 2.90. The van der Waals surface area contributed by atoms with Crippen molar-refractivity contribution in [2.75, 3.05) is 7.11 Å². The Morgan fingerprint density at radius 3 is 2.36 bits per heavy atom. The Hall–Kier alpha value is -2.49. The predicted octanol–water partition coefficient (Wildman–Crippen LogP) is 4.35. The first-order chi connectivity index (χ1) is 11.9. The van der Waals surface area contributed by atoms with Crippen LogP contribution in [0.1, 0.15) is 43.0 Å². The van der Waals surface area contributed by atoms with E-state index < -0.39 is 6.10 Å². The minimum Gasteiger partial charge on any atom is -0.496 e. The number of hydrogen-bond acceptors (Lipinski definition) is 3. The summed E-state index contributed by atoms with van der Waals surface area (Å²) in [4.78, 5) is 12.7. The molecule has 2 rings (SSSR count). The van der Waals surface area contributed by atoms with Crippen LogP contribution in [0.4, 0.5) is 0 Å². The lowest BCUT2D eigenvalue weighted by Crippen LogP contribution is -2.39. The maximum absolute atomic E-state index is 12.7. The molecule has 0 radical (unpaired) electrons. The highest BCUT2D eigenvalue weighted by Crippen LogP contribution is 2.25. The molecule has 0 saturated carbocycles. The van der Waals surface area contributed by atoms with E-state index in [2.05, 4.69) is 11.4 Å². The van der Waals surface area contributed by atoms with Crippen LogP contribution in [-0.4, -0.2) is 19.1 Å². The first kappa shape index (κ1) is 18.8. The summed E-state index contributed by atoms with van der Waals surface area (Å²) >= 11 is 0. The molecule has 0 aliphatic heterocycles. The van der Waals surface area contributed by atoms with Crippen molar-refractivity contribution in [3.05, 3.63) is 59.2 Å². The van der Waals surface area contributed by atoms with Crippen molar-refractivity contribution in [1.29, 1.82) is 0 Å². The second-order valence-electron chi connectivity index (χ2n) is 6.31. The smallest absolute Gasteiger partial charge is 0.261 e. The number of rotatable bonds is 7. The van der Waals surface area contributed by atoms with Gasteiger partial charge in [0.25, 0.3) is 5.91 Å². The molecular weight excluding hydrogens is 314 g/mol. The van der Waals surface area contributed by atoms with Gasteiger partial charge in [0.1, 0.15) is 11.5 Å². The summed E-state index contributed by atoms with van der Waals surface area (Å²) in [7, 11) is 1.63. The number of hydrogen-bond donors (Lipinski definition) is 1. The van der Waals surface area contributed by atoms with Crippen LogP contribution in [0.2, 0.25) is 0 Å². The van der Waals surface area contributed by atoms with Gasteiger partial charge in [-0.1, -0.05) is 31.2 Å². The van der Waals surface area contributed by atoms with Gasteiger partial charge >= 0.3 is 0 Å². The number of carbonyl (C=O) groups excluding carboxylic acids is 1. The average Bonchev–Trinajstić information content (AvgIpc) is 2.58. The van der Waals surface area contributed by atoms with E-state index in [4.69, 9.17) is 9.47 Å².